The second kappa shape index (κ2) is 7.05. The molecule has 0 spiro atoms. The van der Waals surface area contributed by atoms with Crippen LogP contribution in [0.3, 0.4) is 0 Å². The summed E-state index contributed by atoms with van der Waals surface area (Å²) in [6, 6.07) is 13.8. The number of hydrogen-bond donors (Lipinski definition) is 0. The van der Waals surface area contributed by atoms with Crippen LogP contribution in [0, 0.1) is 0 Å². The second-order valence-corrected chi connectivity index (χ2v) is 4.16. The fourth-order valence-corrected chi connectivity index (χ4v) is 1.76. The first-order valence-electron chi connectivity index (χ1n) is 6.31. The van der Waals surface area contributed by atoms with E-state index < -0.39 is 5.97 Å². The monoisotopic (exact) mass is 282 g/mol. The van der Waals surface area contributed by atoms with Gasteiger partial charge in [0.05, 0.1) is 12.7 Å². The molecule has 0 aliphatic rings. The number of esters is 1. The van der Waals surface area contributed by atoms with Gasteiger partial charge in [-0.25, -0.2) is 4.79 Å². The summed E-state index contributed by atoms with van der Waals surface area (Å²) in [4.78, 5) is 22.3. The lowest BCUT2D eigenvalue weighted by atomic mass is 10.2. The van der Waals surface area contributed by atoms with Gasteiger partial charge in [-0.1, -0.05) is 30.3 Å². The van der Waals surface area contributed by atoms with Crippen LogP contribution in [-0.4, -0.2) is 19.4 Å². The van der Waals surface area contributed by atoms with Gasteiger partial charge >= 0.3 is 5.97 Å². The molecule has 0 atom stereocenters. The Labute approximate surface area is 122 Å². The van der Waals surface area contributed by atoms with E-state index in [1.54, 1.807) is 48.5 Å². The van der Waals surface area contributed by atoms with Gasteiger partial charge in [0.15, 0.2) is 11.5 Å². The Kier molecular flexibility index (Phi) is 4.88. The third-order valence-corrected chi connectivity index (χ3v) is 2.77. The summed E-state index contributed by atoms with van der Waals surface area (Å²) in [7, 11) is 1.49. The van der Waals surface area contributed by atoms with Crippen LogP contribution in [0.1, 0.15) is 15.9 Å². The summed E-state index contributed by atoms with van der Waals surface area (Å²) in [6.07, 6.45) is 3.71. The Bertz CT molecular complexity index is 660. The average molecular weight is 282 g/mol. The number of benzene rings is 2. The van der Waals surface area contributed by atoms with Crippen molar-refractivity contribution in [2.75, 3.05) is 7.11 Å². The minimum atomic E-state index is -0.454. The van der Waals surface area contributed by atoms with E-state index in [2.05, 4.69) is 0 Å². The van der Waals surface area contributed by atoms with Crippen LogP contribution in [0.5, 0.6) is 11.5 Å². The van der Waals surface area contributed by atoms with Crippen molar-refractivity contribution in [3.05, 3.63) is 65.7 Å². The van der Waals surface area contributed by atoms with Crippen molar-refractivity contribution in [1.82, 2.24) is 0 Å². The Morgan fingerprint density at radius 3 is 2.48 bits per heavy atom. The van der Waals surface area contributed by atoms with Gasteiger partial charge in [0, 0.05) is 0 Å². The molecular formula is C17H14O4. The van der Waals surface area contributed by atoms with Crippen molar-refractivity contribution >= 4 is 18.3 Å². The molecule has 4 heteroatoms. The molecule has 2 rings (SSSR count). The Morgan fingerprint density at radius 2 is 1.81 bits per heavy atom. The van der Waals surface area contributed by atoms with Crippen molar-refractivity contribution in [1.29, 1.82) is 0 Å². The Balaban J connectivity index is 2.22. The third-order valence-electron chi connectivity index (χ3n) is 2.77. The first-order chi connectivity index (χ1) is 10.2. The van der Waals surface area contributed by atoms with Gasteiger partial charge in [0.2, 0.25) is 0 Å². The summed E-state index contributed by atoms with van der Waals surface area (Å²) in [6.45, 7) is 0. The third kappa shape index (κ3) is 3.79. The minimum Gasteiger partial charge on any atom is -0.493 e. The maximum absolute atomic E-state index is 12.0. The van der Waals surface area contributed by atoms with Crippen LogP contribution in [0.25, 0.3) is 6.08 Å². The van der Waals surface area contributed by atoms with E-state index in [9.17, 15) is 9.59 Å². The summed E-state index contributed by atoms with van der Waals surface area (Å²) in [5, 5.41) is 0. The molecule has 0 amide bonds. The standard InChI is InChI=1S/C17H14O4/c1-20-16-12-13(6-5-11-18)9-10-15(16)21-17(19)14-7-3-2-4-8-14/h2-12H,1H3. The van der Waals surface area contributed by atoms with E-state index in [-0.39, 0.29) is 0 Å². The Morgan fingerprint density at radius 1 is 1.05 bits per heavy atom. The van der Waals surface area contributed by atoms with Crippen LogP contribution in [0.4, 0.5) is 0 Å². The predicted octanol–water partition coefficient (Wildman–Crippen LogP) is 3.13. The highest BCUT2D eigenvalue weighted by molar-refractivity contribution is 5.91. The van der Waals surface area contributed by atoms with E-state index in [0.717, 1.165) is 5.56 Å². The van der Waals surface area contributed by atoms with Gasteiger partial charge < -0.3 is 9.47 Å². The fourth-order valence-electron chi connectivity index (χ4n) is 1.76. The summed E-state index contributed by atoms with van der Waals surface area (Å²) >= 11 is 0. The second-order valence-electron chi connectivity index (χ2n) is 4.16. The molecule has 106 valence electrons. The molecular weight excluding hydrogens is 268 g/mol. The summed E-state index contributed by atoms with van der Waals surface area (Å²) in [5.41, 5.74) is 1.24. The smallest absolute Gasteiger partial charge is 0.343 e. The van der Waals surface area contributed by atoms with Crippen LogP contribution in [-0.2, 0) is 4.79 Å². The molecule has 0 aliphatic heterocycles. The van der Waals surface area contributed by atoms with Crippen molar-refractivity contribution in [3.8, 4) is 11.5 Å². The van der Waals surface area contributed by atoms with E-state index in [4.69, 9.17) is 9.47 Å². The molecule has 0 N–H and O–H groups in total. The minimum absolute atomic E-state index is 0.328. The van der Waals surface area contributed by atoms with Crippen LogP contribution >= 0.6 is 0 Å². The normalized spacial score (nSPS) is 10.3. The lowest BCUT2D eigenvalue weighted by Crippen LogP contribution is -2.09. The molecule has 0 saturated carbocycles. The Hall–Kier alpha value is -2.88. The largest absolute Gasteiger partial charge is 0.493 e. The van der Waals surface area contributed by atoms with E-state index in [0.29, 0.717) is 23.3 Å². The first kappa shape index (κ1) is 14.5. The van der Waals surface area contributed by atoms with Crippen LogP contribution < -0.4 is 9.47 Å². The van der Waals surface area contributed by atoms with Gasteiger partial charge in [-0.3, -0.25) is 4.79 Å². The molecule has 0 aliphatic carbocycles. The van der Waals surface area contributed by atoms with E-state index in [1.165, 1.54) is 13.2 Å². The number of hydrogen-bond acceptors (Lipinski definition) is 4. The highest BCUT2D eigenvalue weighted by Gasteiger charge is 2.12. The number of aldehydes is 1. The van der Waals surface area contributed by atoms with Crippen molar-refractivity contribution in [3.63, 3.8) is 0 Å². The van der Waals surface area contributed by atoms with Gasteiger partial charge in [-0.15, -0.1) is 0 Å². The topological polar surface area (TPSA) is 52.6 Å². The first-order valence-corrected chi connectivity index (χ1v) is 6.31. The lowest BCUT2D eigenvalue weighted by molar-refractivity contribution is -0.104. The van der Waals surface area contributed by atoms with Gasteiger partial charge in [-0.05, 0) is 35.9 Å². The number of methoxy groups -OCH3 is 1. The van der Waals surface area contributed by atoms with Crippen molar-refractivity contribution in [2.45, 2.75) is 0 Å². The van der Waals surface area contributed by atoms with Gasteiger partial charge in [-0.2, -0.15) is 0 Å². The molecule has 4 nitrogen and oxygen atoms in total. The number of carbonyl (C=O) groups is 2. The maximum Gasteiger partial charge on any atom is 0.343 e. The number of rotatable bonds is 5. The average Bonchev–Trinajstić information content (AvgIpc) is 2.54. The number of carbonyl (C=O) groups excluding carboxylic acids is 2. The molecule has 0 heterocycles. The zero-order chi connectivity index (χ0) is 15.1. The number of ether oxygens (including phenoxy) is 2. The molecule has 0 radical (unpaired) electrons. The van der Waals surface area contributed by atoms with Crippen LogP contribution in [0.15, 0.2) is 54.6 Å². The van der Waals surface area contributed by atoms with Crippen molar-refractivity contribution < 1.29 is 19.1 Å². The summed E-state index contributed by atoms with van der Waals surface area (Å²) in [5.74, 6) is 0.298. The summed E-state index contributed by atoms with van der Waals surface area (Å²) < 4.78 is 10.5. The highest BCUT2D eigenvalue weighted by atomic mass is 16.6. The highest BCUT2D eigenvalue weighted by Crippen LogP contribution is 2.29. The molecule has 21 heavy (non-hydrogen) atoms. The molecule has 0 saturated heterocycles. The molecule has 2 aromatic carbocycles. The lowest BCUT2D eigenvalue weighted by Gasteiger charge is -2.10. The van der Waals surface area contributed by atoms with E-state index in [1.807, 2.05) is 6.07 Å². The molecule has 0 unspecified atom stereocenters. The van der Waals surface area contributed by atoms with Gasteiger partial charge in [0.1, 0.15) is 6.29 Å². The zero-order valence-electron chi connectivity index (χ0n) is 11.5. The zero-order valence-corrected chi connectivity index (χ0v) is 11.5. The van der Waals surface area contributed by atoms with Crippen LogP contribution in [0.2, 0.25) is 0 Å². The number of allylic oxidation sites excluding steroid dienone is 1. The molecule has 0 bridgehead atoms. The SMILES string of the molecule is COc1cc(C=CC=O)ccc1OC(=O)c1ccccc1. The maximum atomic E-state index is 12.0. The molecule has 2 aromatic rings. The quantitative estimate of drug-likeness (QED) is 0.366. The van der Waals surface area contributed by atoms with Gasteiger partial charge in [0.25, 0.3) is 0 Å². The van der Waals surface area contributed by atoms with E-state index >= 15 is 0 Å². The van der Waals surface area contributed by atoms with Crippen molar-refractivity contribution in [2.24, 2.45) is 0 Å². The fraction of sp³-hybridized carbons (Fsp3) is 0.0588. The molecule has 0 aromatic heterocycles. The predicted molar refractivity (Wildman–Crippen MR) is 79.5 cm³/mol. The molecule has 0 fully saturated rings.